The smallest absolute Gasteiger partial charge is 0.153 e. The molecular formula is C29H23ClN2O4. The van der Waals surface area contributed by atoms with E-state index < -0.39 is 0 Å². The Kier molecular flexibility index (Phi) is 7.84. The fourth-order valence-corrected chi connectivity index (χ4v) is 3.99. The standard InChI is InChI=1S/C29H23ClN2O4/c1-19-23(6-4-8-26(19)22-5-3-7-25(10-22)34-2)18-36-29-12-28(24(16-33)11-27(29)30)35-17-21-9-20(13-31)14-32-15-21/h3-12,14-16H,17-18H2,1-2H3. The van der Waals surface area contributed by atoms with E-state index >= 15 is 0 Å². The highest BCUT2D eigenvalue weighted by Gasteiger charge is 2.13. The van der Waals surface area contributed by atoms with Crippen molar-refractivity contribution in [3.63, 3.8) is 0 Å². The van der Waals surface area contributed by atoms with Gasteiger partial charge in [-0.3, -0.25) is 9.78 Å². The summed E-state index contributed by atoms with van der Waals surface area (Å²) in [6, 6.07) is 20.8. The predicted molar refractivity (Wildman–Crippen MR) is 138 cm³/mol. The van der Waals surface area contributed by atoms with E-state index in [0.717, 1.165) is 28.0 Å². The first-order chi connectivity index (χ1) is 17.5. The van der Waals surface area contributed by atoms with Gasteiger partial charge in [-0.25, -0.2) is 0 Å². The third kappa shape index (κ3) is 5.65. The molecule has 0 radical (unpaired) electrons. The number of methoxy groups -OCH3 is 1. The van der Waals surface area contributed by atoms with Gasteiger partial charge in [0.25, 0.3) is 0 Å². The van der Waals surface area contributed by atoms with Crippen LogP contribution in [0.2, 0.25) is 5.02 Å². The van der Waals surface area contributed by atoms with Crippen LogP contribution in [-0.2, 0) is 13.2 Å². The van der Waals surface area contributed by atoms with Crippen LogP contribution in [0.4, 0.5) is 0 Å². The van der Waals surface area contributed by atoms with Crippen LogP contribution in [-0.4, -0.2) is 18.4 Å². The second-order valence-corrected chi connectivity index (χ2v) is 8.44. The molecule has 1 aromatic heterocycles. The van der Waals surface area contributed by atoms with Crippen molar-refractivity contribution in [2.24, 2.45) is 0 Å². The van der Waals surface area contributed by atoms with Gasteiger partial charge in [0.05, 0.1) is 23.3 Å². The molecule has 0 fully saturated rings. The van der Waals surface area contributed by atoms with Crippen molar-refractivity contribution in [3.8, 4) is 34.4 Å². The van der Waals surface area contributed by atoms with E-state index in [1.165, 1.54) is 12.3 Å². The number of carbonyl (C=O) groups is 1. The van der Waals surface area contributed by atoms with Crippen molar-refractivity contribution in [1.29, 1.82) is 5.26 Å². The molecule has 6 nitrogen and oxygen atoms in total. The molecule has 1 heterocycles. The van der Waals surface area contributed by atoms with Crippen LogP contribution in [0.5, 0.6) is 17.2 Å². The van der Waals surface area contributed by atoms with Crippen molar-refractivity contribution in [1.82, 2.24) is 4.98 Å². The Morgan fingerprint density at radius 2 is 1.81 bits per heavy atom. The van der Waals surface area contributed by atoms with Gasteiger partial charge in [0.2, 0.25) is 0 Å². The zero-order chi connectivity index (χ0) is 25.5. The maximum atomic E-state index is 11.6. The maximum absolute atomic E-state index is 11.6. The third-order valence-electron chi connectivity index (χ3n) is 5.72. The molecule has 0 saturated heterocycles. The van der Waals surface area contributed by atoms with Crippen LogP contribution in [0.25, 0.3) is 11.1 Å². The molecule has 0 amide bonds. The second-order valence-electron chi connectivity index (χ2n) is 8.03. The summed E-state index contributed by atoms with van der Waals surface area (Å²) in [5.74, 6) is 1.51. The molecule has 36 heavy (non-hydrogen) atoms. The number of pyridine rings is 1. The molecule has 7 heteroatoms. The average Bonchev–Trinajstić information content (AvgIpc) is 2.92. The summed E-state index contributed by atoms with van der Waals surface area (Å²) in [6.45, 7) is 2.45. The number of nitrogens with zero attached hydrogens (tertiary/aromatic N) is 2. The topological polar surface area (TPSA) is 81.4 Å². The molecule has 0 aliphatic carbocycles. The quantitative estimate of drug-likeness (QED) is 0.243. The fourth-order valence-electron chi connectivity index (χ4n) is 3.77. The lowest BCUT2D eigenvalue weighted by Gasteiger charge is -2.16. The largest absolute Gasteiger partial charge is 0.497 e. The van der Waals surface area contributed by atoms with Crippen molar-refractivity contribution in [2.75, 3.05) is 7.11 Å². The van der Waals surface area contributed by atoms with Crippen molar-refractivity contribution in [3.05, 3.63) is 106 Å². The molecule has 4 aromatic rings. The van der Waals surface area contributed by atoms with Crippen molar-refractivity contribution in [2.45, 2.75) is 20.1 Å². The summed E-state index contributed by atoms with van der Waals surface area (Å²) in [5, 5.41) is 9.37. The number of aromatic nitrogens is 1. The summed E-state index contributed by atoms with van der Waals surface area (Å²) in [5.41, 5.74) is 5.63. The average molecular weight is 499 g/mol. The van der Waals surface area contributed by atoms with E-state index in [1.807, 2.05) is 49.4 Å². The first-order valence-electron chi connectivity index (χ1n) is 11.1. The Labute approximate surface area is 214 Å². The van der Waals surface area contributed by atoms with Gasteiger partial charge in [0.15, 0.2) is 6.29 Å². The summed E-state index contributed by atoms with van der Waals surface area (Å²) >= 11 is 6.40. The monoisotopic (exact) mass is 498 g/mol. The second kappa shape index (κ2) is 11.4. The molecular weight excluding hydrogens is 476 g/mol. The molecule has 3 aromatic carbocycles. The number of aldehydes is 1. The minimum Gasteiger partial charge on any atom is -0.497 e. The molecule has 0 bridgehead atoms. The Hall–Kier alpha value is -4.34. The van der Waals surface area contributed by atoms with Crippen LogP contribution < -0.4 is 14.2 Å². The highest BCUT2D eigenvalue weighted by atomic mass is 35.5. The number of hydrogen-bond donors (Lipinski definition) is 0. The predicted octanol–water partition coefficient (Wildman–Crippen LogP) is 6.56. The zero-order valence-corrected chi connectivity index (χ0v) is 20.6. The van der Waals surface area contributed by atoms with E-state index in [4.69, 9.17) is 31.1 Å². The Balaban J connectivity index is 1.54. The molecule has 0 saturated carbocycles. The summed E-state index contributed by atoms with van der Waals surface area (Å²) in [4.78, 5) is 15.6. The highest BCUT2D eigenvalue weighted by Crippen LogP contribution is 2.34. The first-order valence-corrected chi connectivity index (χ1v) is 11.5. The molecule has 0 aliphatic rings. The number of rotatable bonds is 9. The number of halogens is 1. The fraction of sp³-hybridized carbons (Fsp3) is 0.138. The summed E-state index contributed by atoms with van der Waals surface area (Å²) in [7, 11) is 1.65. The Morgan fingerprint density at radius 1 is 1.00 bits per heavy atom. The van der Waals surface area contributed by atoms with Gasteiger partial charge in [-0.15, -0.1) is 0 Å². The maximum Gasteiger partial charge on any atom is 0.153 e. The van der Waals surface area contributed by atoms with Crippen LogP contribution >= 0.6 is 11.6 Å². The molecule has 0 aliphatic heterocycles. The zero-order valence-electron chi connectivity index (χ0n) is 19.8. The van der Waals surface area contributed by atoms with E-state index in [-0.39, 0.29) is 13.2 Å². The molecule has 4 rings (SSSR count). The summed E-state index contributed by atoms with van der Waals surface area (Å²) in [6.07, 6.45) is 3.75. The van der Waals surface area contributed by atoms with Crippen LogP contribution in [0, 0.1) is 18.3 Å². The molecule has 180 valence electrons. The molecule has 0 unspecified atom stereocenters. The Bertz CT molecular complexity index is 1450. The van der Waals surface area contributed by atoms with Crippen molar-refractivity contribution >= 4 is 17.9 Å². The SMILES string of the molecule is COc1cccc(-c2cccc(COc3cc(OCc4cncc(C#N)c4)c(C=O)cc3Cl)c2C)c1. The number of benzene rings is 3. The minimum atomic E-state index is 0.131. The van der Waals surface area contributed by atoms with Gasteiger partial charge in [-0.1, -0.05) is 41.9 Å². The minimum absolute atomic E-state index is 0.131. The van der Waals surface area contributed by atoms with Crippen LogP contribution in [0.15, 0.2) is 73.1 Å². The number of carbonyl (C=O) groups excluding carboxylic acids is 1. The van der Waals surface area contributed by atoms with Crippen molar-refractivity contribution < 1.29 is 19.0 Å². The van der Waals surface area contributed by atoms with Gasteiger partial charge in [0.1, 0.15) is 36.5 Å². The normalized spacial score (nSPS) is 10.4. The lowest BCUT2D eigenvalue weighted by atomic mass is 9.96. The lowest BCUT2D eigenvalue weighted by molar-refractivity contribution is 0.111. The lowest BCUT2D eigenvalue weighted by Crippen LogP contribution is -2.03. The number of nitriles is 1. The van der Waals surface area contributed by atoms with Gasteiger partial charge >= 0.3 is 0 Å². The van der Waals surface area contributed by atoms with Crippen LogP contribution in [0.1, 0.15) is 32.6 Å². The highest BCUT2D eigenvalue weighted by molar-refractivity contribution is 6.32. The van der Waals surface area contributed by atoms with Crippen LogP contribution in [0.3, 0.4) is 0 Å². The van der Waals surface area contributed by atoms with E-state index in [2.05, 4.69) is 11.1 Å². The first kappa shape index (κ1) is 24.8. The third-order valence-corrected chi connectivity index (χ3v) is 6.01. The van der Waals surface area contributed by atoms with Gasteiger partial charge < -0.3 is 14.2 Å². The van der Waals surface area contributed by atoms with E-state index in [1.54, 1.807) is 25.4 Å². The molecule has 0 spiro atoms. The molecule has 0 atom stereocenters. The molecule has 0 N–H and O–H groups in total. The number of ether oxygens (including phenoxy) is 3. The summed E-state index contributed by atoms with van der Waals surface area (Å²) < 4.78 is 17.3. The van der Waals surface area contributed by atoms with E-state index in [9.17, 15) is 4.79 Å². The van der Waals surface area contributed by atoms with Gasteiger partial charge in [0, 0.05) is 24.0 Å². The van der Waals surface area contributed by atoms with E-state index in [0.29, 0.717) is 39.5 Å². The Morgan fingerprint density at radius 3 is 2.58 bits per heavy atom. The van der Waals surface area contributed by atoms with Gasteiger partial charge in [-0.2, -0.15) is 5.26 Å². The number of hydrogen-bond acceptors (Lipinski definition) is 6. The van der Waals surface area contributed by atoms with Gasteiger partial charge in [-0.05, 0) is 53.4 Å².